The fourth-order valence-corrected chi connectivity index (χ4v) is 0.256. The second-order valence-electron chi connectivity index (χ2n) is 1.40. The molecule has 0 aliphatic rings. The third kappa shape index (κ3) is 2.59. The molecule has 0 aromatic carbocycles. The summed E-state index contributed by atoms with van der Waals surface area (Å²) >= 11 is 5.46. The molecule has 8 heavy (non-hydrogen) atoms. The third-order valence-electron chi connectivity index (χ3n) is 0.713. The highest BCUT2D eigenvalue weighted by molar-refractivity contribution is 6.31. The van der Waals surface area contributed by atoms with Gasteiger partial charge in [-0.05, 0) is 19.2 Å². The van der Waals surface area contributed by atoms with Crippen molar-refractivity contribution in [3.05, 3.63) is 23.4 Å². The zero-order valence-corrected chi connectivity index (χ0v) is 5.57. The number of nitrogens with zero attached hydrogens (tertiary/aromatic N) is 1. The van der Waals surface area contributed by atoms with Gasteiger partial charge in [0.05, 0.1) is 0 Å². The number of aliphatic imine (C=N–C) groups is 1. The molecule has 0 heterocycles. The van der Waals surface area contributed by atoms with Crippen molar-refractivity contribution in [3.8, 4) is 0 Å². The van der Waals surface area contributed by atoms with Crippen molar-refractivity contribution in [1.29, 1.82) is 0 Å². The van der Waals surface area contributed by atoms with Crippen molar-refractivity contribution in [3.63, 3.8) is 0 Å². The molecule has 0 saturated heterocycles. The Bertz CT molecular complexity index is 135. The molecule has 2 heteroatoms. The predicted molar refractivity (Wildman–Crippen MR) is 38.3 cm³/mol. The van der Waals surface area contributed by atoms with Gasteiger partial charge in [0, 0.05) is 11.2 Å². The summed E-state index contributed by atoms with van der Waals surface area (Å²) in [7, 11) is 0. The van der Waals surface area contributed by atoms with Crippen LogP contribution in [0.5, 0.6) is 0 Å². The highest BCUT2D eigenvalue weighted by Gasteiger charge is 1.86. The first-order valence-electron chi connectivity index (χ1n) is 2.16. The van der Waals surface area contributed by atoms with E-state index in [9.17, 15) is 0 Å². The summed E-state index contributed by atoms with van der Waals surface area (Å²) in [5, 5.41) is 0.511. The molecule has 0 fully saturated rings. The van der Waals surface area contributed by atoms with Gasteiger partial charge in [0.1, 0.15) is 0 Å². The Morgan fingerprint density at radius 3 is 2.38 bits per heavy atom. The molecule has 0 aliphatic heterocycles. The first-order valence-corrected chi connectivity index (χ1v) is 2.53. The monoisotopic (exact) mass is 129 g/mol. The van der Waals surface area contributed by atoms with Gasteiger partial charge >= 0.3 is 0 Å². The summed E-state index contributed by atoms with van der Waals surface area (Å²) in [5.41, 5.74) is 0.849. The SMILES string of the molecule is C=N/C=C(/C)C(=C)Cl. The number of allylic oxidation sites excluding steroid dienone is 2. The van der Waals surface area contributed by atoms with E-state index in [1.807, 2.05) is 6.92 Å². The van der Waals surface area contributed by atoms with Gasteiger partial charge in [0.25, 0.3) is 0 Å². The lowest BCUT2D eigenvalue weighted by Gasteiger charge is -1.89. The van der Waals surface area contributed by atoms with E-state index in [0.717, 1.165) is 5.57 Å². The third-order valence-corrected chi connectivity index (χ3v) is 1.01. The average molecular weight is 130 g/mol. The molecule has 0 aromatic rings. The molecule has 0 aliphatic carbocycles. The van der Waals surface area contributed by atoms with E-state index in [4.69, 9.17) is 11.6 Å². The molecule has 0 saturated carbocycles. The van der Waals surface area contributed by atoms with E-state index in [2.05, 4.69) is 18.3 Å². The van der Waals surface area contributed by atoms with Gasteiger partial charge in [-0.3, -0.25) is 4.99 Å². The molecule has 0 radical (unpaired) electrons. The van der Waals surface area contributed by atoms with Crippen LogP contribution in [0.1, 0.15) is 6.92 Å². The van der Waals surface area contributed by atoms with Gasteiger partial charge in [-0.1, -0.05) is 18.2 Å². The molecule has 0 N–H and O–H groups in total. The average Bonchev–Trinajstić information content (AvgIpc) is 1.67. The molecule has 0 atom stereocenters. The molecule has 0 rings (SSSR count). The lowest BCUT2D eigenvalue weighted by molar-refractivity contribution is 1.43. The van der Waals surface area contributed by atoms with Crippen LogP contribution in [0.4, 0.5) is 0 Å². The summed E-state index contributed by atoms with van der Waals surface area (Å²) in [4.78, 5) is 3.50. The molecule has 1 nitrogen and oxygen atoms in total. The van der Waals surface area contributed by atoms with Gasteiger partial charge in [0.15, 0.2) is 0 Å². The molecule has 0 unspecified atom stereocenters. The Balaban J connectivity index is 3.99. The number of hydrogen-bond donors (Lipinski definition) is 0. The Labute approximate surface area is 54.4 Å². The zero-order valence-electron chi connectivity index (χ0n) is 4.82. The van der Waals surface area contributed by atoms with E-state index in [1.54, 1.807) is 6.20 Å². The maximum Gasteiger partial charge on any atom is 0.0378 e. The highest BCUT2D eigenvalue weighted by atomic mass is 35.5. The van der Waals surface area contributed by atoms with Crippen molar-refractivity contribution in [2.24, 2.45) is 4.99 Å². The summed E-state index contributed by atoms with van der Waals surface area (Å²) in [6, 6.07) is 0. The second-order valence-corrected chi connectivity index (χ2v) is 1.86. The lowest BCUT2D eigenvalue weighted by Crippen LogP contribution is -1.68. The van der Waals surface area contributed by atoms with E-state index >= 15 is 0 Å². The van der Waals surface area contributed by atoms with Gasteiger partial charge in [-0.15, -0.1) is 0 Å². The number of halogens is 1. The van der Waals surface area contributed by atoms with E-state index < -0.39 is 0 Å². The van der Waals surface area contributed by atoms with Crippen LogP contribution < -0.4 is 0 Å². The smallest absolute Gasteiger partial charge is 0.0378 e. The van der Waals surface area contributed by atoms with Crippen LogP contribution in [0.2, 0.25) is 0 Å². The van der Waals surface area contributed by atoms with Crippen LogP contribution in [0.15, 0.2) is 28.4 Å². The fourth-order valence-electron chi connectivity index (χ4n) is 0.207. The number of hydrogen-bond acceptors (Lipinski definition) is 1. The minimum absolute atomic E-state index is 0.511. The molecule has 44 valence electrons. The van der Waals surface area contributed by atoms with E-state index in [1.165, 1.54) is 0 Å². The summed E-state index contributed by atoms with van der Waals surface area (Å²) in [5.74, 6) is 0. The van der Waals surface area contributed by atoms with Crippen molar-refractivity contribution < 1.29 is 0 Å². The normalized spacial score (nSPS) is 11.0. The molecular weight excluding hydrogens is 122 g/mol. The maximum atomic E-state index is 5.46. The van der Waals surface area contributed by atoms with E-state index in [-0.39, 0.29) is 0 Å². The molecular formula is C6H8ClN. The molecule has 0 aromatic heterocycles. The van der Waals surface area contributed by atoms with Crippen LogP contribution in [0, 0.1) is 0 Å². The standard InChI is InChI=1S/C6H8ClN/c1-5(4-8-3)6(2)7/h4H,2-3H2,1H3/b5-4-. The maximum absolute atomic E-state index is 5.46. The first-order chi connectivity index (χ1) is 3.68. The van der Waals surface area contributed by atoms with Crippen LogP contribution in [-0.4, -0.2) is 6.72 Å². The first kappa shape index (κ1) is 7.44. The van der Waals surface area contributed by atoms with Crippen molar-refractivity contribution in [1.82, 2.24) is 0 Å². The number of rotatable bonds is 2. The Morgan fingerprint density at radius 1 is 1.75 bits per heavy atom. The molecule has 0 spiro atoms. The van der Waals surface area contributed by atoms with Crippen molar-refractivity contribution >= 4 is 18.3 Å². The Morgan fingerprint density at radius 2 is 2.25 bits per heavy atom. The van der Waals surface area contributed by atoms with Gasteiger partial charge in [-0.2, -0.15) is 0 Å². The summed E-state index contributed by atoms with van der Waals surface area (Å²) < 4.78 is 0. The van der Waals surface area contributed by atoms with Gasteiger partial charge in [-0.25, -0.2) is 0 Å². The minimum Gasteiger partial charge on any atom is -0.272 e. The van der Waals surface area contributed by atoms with Crippen LogP contribution in [-0.2, 0) is 0 Å². The molecule has 0 amide bonds. The Hall–Kier alpha value is -0.560. The van der Waals surface area contributed by atoms with Crippen LogP contribution in [0.25, 0.3) is 0 Å². The van der Waals surface area contributed by atoms with Gasteiger partial charge < -0.3 is 0 Å². The van der Waals surface area contributed by atoms with Crippen LogP contribution in [0.3, 0.4) is 0 Å². The topological polar surface area (TPSA) is 12.4 Å². The lowest BCUT2D eigenvalue weighted by atomic mass is 10.3. The van der Waals surface area contributed by atoms with Crippen molar-refractivity contribution in [2.75, 3.05) is 0 Å². The minimum atomic E-state index is 0.511. The quantitative estimate of drug-likeness (QED) is 0.401. The summed E-state index contributed by atoms with van der Waals surface area (Å²) in [6.45, 7) is 8.56. The highest BCUT2D eigenvalue weighted by Crippen LogP contribution is 2.09. The molecule has 0 bridgehead atoms. The predicted octanol–water partition coefficient (Wildman–Crippen LogP) is 2.34. The second kappa shape index (κ2) is 3.44. The summed E-state index contributed by atoms with van der Waals surface area (Å²) in [6.07, 6.45) is 1.56. The van der Waals surface area contributed by atoms with Crippen molar-refractivity contribution in [2.45, 2.75) is 6.92 Å². The fraction of sp³-hybridized carbons (Fsp3) is 0.167. The largest absolute Gasteiger partial charge is 0.272 e. The zero-order chi connectivity index (χ0) is 6.57. The Kier molecular flexibility index (Phi) is 3.20. The van der Waals surface area contributed by atoms with Gasteiger partial charge in [0.2, 0.25) is 0 Å². The van der Waals surface area contributed by atoms with E-state index in [0.29, 0.717) is 5.03 Å². The van der Waals surface area contributed by atoms with Crippen LogP contribution >= 0.6 is 11.6 Å².